The van der Waals surface area contributed by atoms with Gasteiger partial charge in [0.15, 0.2) is 5.76 Å². The number of carbonyl (C=O) groups is 2. The molecule has 0 radical (unpaired) electrons. The largest absolute Gasteiger partial charge is 0.459 e. The summed E-state index contributed by atoms with van der Waals surface area (Å²) < 4.78 is 16.3. The maximum absolute atomic E-state index is 13.0. The Balaban J connectivity index is 1.82. The third kappa shape index (κ3) is 3.18. The van der Waals surface area contributed by atoms with Gasteiger partial charge in [-0.15, -0.1) is 0 Å². The Labute approximate surface area is 141 Å². The van der Waals surface area contributed by atoms with Crippen LogP contribution in [0.4, 0.5) is 0 Å². The van der Waals surface area contributed by atoms with E-state index < -0.39 is 11.8 Å². The van der Waals surface area contributed by atoms with Crippen molar-refractivity contribution in [3.05, 3.63) is 24.2 Å². The predicted octanol–water partition coefficient (Wildman–Crippen LogP) is 1.54. The first-order valence-corrected chi connectivity index (χ1v) is 8.46. The average Bonchev–Trinajstić information content (AvgIpc) is 3.24. The van der Waals surface area contributed by atoms with E-state index in [1.807, 2.05) is 0 Å². The van der Waals surface area contributed by atoms with Crippen LogP contribution in [-0.4, -0.2) is 55.3 Å². The molecule has 2 aliphatic rings. The number of nitrogens with zero attached hydrogens (tertiary/aromatic N) is 1. The van der Waals surface area contributed by atoms with Crippen LogP contribution in [0.1, 0.15) is 42.7 Å². The molecule has 2 heterocycles. The Morgan fingerprint density at radius 3 is 2.83 bits per heavy atom. The maximum atomic E-state index is 13.0. The van der Waals surface area contributed by atoms with Crippen LogP contribution in [0, 0.1) is 0 Å². The quantitative estimate of drug-likeness (QED) is 0.825. The van der Waals surface area contributed by atoms with E-state index in [2.05, 4.69) is 5.32 Å². The molecule has 1 aromatic heterocycles. The molecular formula is C17H24N2O5. The van der Waals surface area contributed by atoms with Crippen LogP contribution in [0.15, 0.2) is 22.8 Å². The van der Waals surface area contributed by atoms with Crippen LogP contribution in [-0.2, 0) is 14.3 Å². The highest BCUT2D eigenvalue weighted by Crippen LogP contribution is 2.41. The fraction of sp³-hybridized carbons (Fsp3) is 0.647. The lowest BCUT2D eigenvalue weighted by molar-refractivity contribution is -0.127. The molecule has 2 amide bonds. The van der Waals surface area contributed by atoms with Gasteiger partial charge in [-0.3, -0.25) is 14.5 Å². The first-order valence-electron chi connectivity index (χ1n) is 8.46. The molecule has 1 atom stereocenters. The number of amides is 2. The highest BCUT2D eigenvalue weighted by molar-refractivity contribution is 5.96. The third-order valence-electron chi connectivity index (χ3n) is 4.75. The first kappa shape index (κ1) is 17.0. The summed E-state index contributed by atoms with van der Waals surface area (Å²) in [6, 6.07) is 2.65. The van der Waals surface area contributed by atoms with E-state index in [0.29, 0.717) is 13.2 Å². The lowest BCUT2D eigenvalue weighted by Gasteiger charge is -2.41. The molecular weight excluding hydrogens is 312 g/mol. The summed E-state index contributed by atoms with van der Waals surface area (Å²) >= 11 is 0. The van der Waals surface area contributed by atoms with Gasteiger partial charge in [0.2, 0.25) is 5.91 Å². The number of methoxy groups -OCH3 is 1. The molecule has 1 unspecified atom stereocenters. The van der Waals surface area contributed by atoms with Gasteiger partial charge in [-0.2, -0.15) is 0 Å². The van der Waals surface area contributed by atoms with Crippen LogP contribution in [0.2, 0.25) is 0 Å². The van der Waals surface area contributed by atoms with E-state index in [4.69, 9.17) is 13.9 Å². The van der Waals surface area contributed by atoms with Gasteiger partial charge in [-0.05, 0) is 37.8 Å². The Morgan fingerprint density at radius 1 is 1.38 bits per heavy atom. The van der Waals surface area contributed by atoms with E-state index in [0.717, 1.165) is 32.1 Å². The standard InChI is InChI=1S/C17H24N2O5/c1-22-11-9-18-15(20)13-12-24-17(7-3-2-4-8-17)19(13)16(21)14-6-5-10-23-14/h5-6,10,13H,2-4,7-9,11-12H2,1H3,(H,18,20). The van der Waals surface area contributed by atoms with Gasteiger partial charge in [0.05, 0.1) is 19.5 Å². The summed E-state index contributed by atoms with van der Waals surface area (Å²) in [6.07, 6.45) is 6.06. The van der Waals surface area contributed by atoms with Crippen LogP contribution in [0.25, 0.3) is 0 Å². The van der Waals surface area contributed by atoms with Gasteiger partial charge in [-0.1, -0.05) is 6.42 Å². The molecule has 1 saturated heterocycles. The zero-order valence-electron chi connectivity index (χ0n) is 14.0. The van der Waals surface area contributed by atoms with Crippen molar-refractivity contribution < 1.29 is 23.5 Å². The second-order valence-electron chi connectivity index (χ2n) is 6.27. The SMILES string of the molecule is COCCNC(=O)C1COC2(CCCCC2)N1C(=O)c1ccco1. The molecule has 24 heavy (non-hydrogen) atoms. The van der Waals surface area contributed by atoms with Crippen molar-refractivity contribution in [2.24, 2.45) is 0 Å². The molecule has 7 nitrogen and oxygen atoms in total. The van der Waals surface area contributed by atoms with Gasteiger partial charge in [0, 0.05) is 13.7 Å². The number of rotatable bonds is 5. The summed E-state index contributed by atoms with van der Waals surface area (Å²) in [5.74, 6) is -0.263. The van der Waals surface area contributed by atoms with E-state index in [9.17, 15) is 9.59 Å². The van der Waals surface area contributed by atoms with Gasteiger partial charge < -0.3 is 19.2 Å². The summed E-state index contributed by atoms with van der Waals surface area (Å²) in [5, 5.41) is 2.81. The summed E-state index contributed by atoms with van der Waals surface area (Å²) in [6.45, 7) is 1.05. The number of nitrogens with one attached hydrogen (secondary N) is 1. The van der Waals surface area contributed by atoms with Gasteiger partial charge in [0.25, 0.3) is 5.91 Å². The van der Waals surface area contributed by atoms with Crippen molar-refractivity contribution in [2.45, 2.75) is 43.9 Å². The van der Waals surface area contributed by atoms with E-state index in [1.165, 1.54) is 6.26 Å². The van der Waals surface area contributed by atoms with Crippen LogP contribution < -0.4 is 5.32 Å². The maximum Gasteiger partial charge on any atom is 0.292 e. The van der Waals surface area contributed by atoms with E-state index >= 15 is 0 Å². The summed E-state index contributed by atoms with van der Waals surface area (Å²) in [5.41, 5.74) is -0.689. The number of hydrogen-bond acceptors (Lipinski definition) is 5. The van der Waals surface area contributed by atoms with Crippen molar-refractivity contribution in [1.29, 1.82) is 0 Å². The Kier molecular flexibility index (Phi) is 5.20. The number of hydrogen-bond donors (Lipinski definition) is 1. The molecule has 132 valence electrons. The second-order valence-corrected chi connectivity index (χ2v) is 6.27. The van der Waals surface area contributed by atoms with Crippen molar-refractivity contribution in [1.82, 2.24) is 10.2 Å². The van der Waals surface area contributed by atoms with Crippen LogP contribution in [0.3, 0.4) is 0 Å². The molecule has 7 heteroatoms. The lowest BCUT2D eigenvalue weighted by atomic mass is 9.90. The minimum absolute atomic E-state index is 0.214. The monoisotopic (exact) mass is 336 g/mol. The molecule has 3 rings (SSSR count). The smallest absolute Gasteiger partial charge is 0.292 e. The highest BCUT2D eigenvalue weighted by atomic mass is 16.5. The van der Waals surface area contributed by atoms with Gasteiger partial charge >= 0.3 is 0 Å². The fourth-order valence-electron chi connectivity index (χ4n) is 3.58. The molecule has 0 aromatic carbocycles. The second kappa shape index (κ2) is 7.36. The Hall–Kier alpha value is -1.86. The molecule has 2 fully saturated rings. The molecule has 0 bridgehead atoms. The van der Waals surface area contributed by atoms with Crippen molar-refractivity contribution >= 4 is 11.8 Å². The zero-order valence-corrected chi connectivity index (χ0v) is 14.0. The Morgan fingerprint density at radius 2 is 2.17 bits per heavy atom. The summed E-state index contributed by atoms with van der Waals surface area (Å²) in [7, 11) is 1.58. The lowest BCUT2D eigenvalue weighted by Crippen LogP contribution is -2.56. The average molecular weight is 336 g/mol. The Bertz CT molecular complexity index is 566. The molecule has 1 spiro atoms. The van der Waals surface area contributed by atoms with Crippen LogP contribution in [0.5, 0.6) is 0 Å². The first-order chi connectivity index (χ1) is 11.7. The highest BCUT2D eigenvalue weighted by Gasteiger charge is 2.53. The predicted molar refractivity (Wildman–Crippen MR) is 85.3 cm³/mol. The zero-order chi connectivity index (χ0) is 17.0. The number of ether oxygens (including phenoxy) is 2. The van der Waals surface area contributed by atoms with E-state index in [-0.39, 0.29) is 24.2 Å². The normalized spacial score (nSPS) is 22.7. The molecule has 1 aliphatic heterocycles. The van der Waals surface area contributed by atoms with Gasteiger partial charge in [-0.25, -0.2) is 0 Å². The van der Waals surface area contributed by atoms with Crippen molar-refractivity contribution in [3.63, 3.8) is 0 Å². The van der Waals surface area contributed by atoms with E-state index in [1.54, 1.807) is 24.1 Å². The molecule has 1 saturated carbocycles. The minimum Gasteiger partial charge on any atom is -0.459 e. The van der Waals surface area contributed by atoms with Crippen LogP contribution >= 0.6 is 0 Å². The summed E-state index contributed by atoms with van der Waals surface area (Å²) in [4.78, 5) is 27.1. The fourth-order valence-corrected chi connectivity index (χ4v) is 3.58. The number of carbonyl (C=O) groups excluding carboxylic acids is 2. The van der Waals surface area contributed by atoms with Crippen molar-refractivity contribution in [3.8, 4) is 0 Å². The molecule has 1 aliphatic carbocycles. The topological polar surface area (TPSA) is 81.0 Å². The van der Waals surface area contributed by atoms with Gasteiger partial charge in [0.1, 0.15) is 11.8 Å². The third-order valence-corrected chi connectivity index (χ3v) is 4.75. The number of furan rings is 1. The van der Waals surface area contributed by atoms with Crippen molar-refractivity contribution in [2.75, 3.05) is 26.9 Å². The molecule has 1 N–H and O–H groups in total. The minimum atomic E-state index is -0.689. The molecule has 1 aromatic rings.